The number of hydrogen-bond donors (Lipinski definition) is 2. The molecule has 1 saturated heterocycles. The van der Waals surface area contributed by atoms with E-state index >= 15 is 0 Å². The molecule has 1 heterocycles. The maximum atomic E-state index is 13.3. The van der Waals surface area contributed by atoms with Crippen molar-refractivity contribution in [3.8, 4) is 0 Å². The molecule has 2 aromatic carbocycles. The topological polar surface area (TPSA) is 75.4 Å². The molecule has 142 valence electrons. The number of piperidine rings is 1. The van der Waals surface area contributed by atoms with E-state index in [1.54, 1.807) is 0 Å². The number of nitrogens with one attached hydrogen (secondary N) is 1. The van der Waals surface area contributed by atoms with E-state index < -0.39 is 12.1 Å². The molecule has 2 amide bonds. The van der Waals surface area contributed by atoms with Crippen LogP contribution in [0.15, 0.2) is 48.5 Å². The molecule has 2 atom stereocenters. The van der Waals surface area contributed by atoms with Crippen molar-refractivity contribution in [3.05, 3.63) is 65.2 Å². The number of rotatable bonds is 5. The molecule has 27 heavy (non-hydrogen) atoms. The summed E-state index contributed by atoms with van der Waals surface area (Å²) in [7, 11) is 0. The Hall–Kier alpha value is -2.66. The van der Waals surface area contributed by atoms with Crippen molar-refractivity contribution >= 4 is 17.5 Å². The number of hydrogen-bond acceptors (Lipinski definition) is 3. The Morgan fingerprint density at radius 3 is 2.56 bits per heavy atom. The van der Waals surface area contributed by atoms with Gasteiger partial charge < -0.3 is 11.1 Å². The smallest absolute Gasteiger partial charge is 0.246 e. The first-order valence-electron chi connectivity index (χ1n) is 9.45. The van der Waals surface area contributed by atoms with Gasteiger partial charge in [0.25, 0.3) is 0 Å². The minimum atomic E-state index is -0.552. The summed E-state index contributed by atoms with van der Waals surface area (Å²) >= 11 is 0. The Morgan fingerprint density at radius 2 is 1.85 bits per heavy atom. The summed E-state index contributed by atoms with van der Waals surface area (Å²) in [5.74, 6) is -0.502. The van der Waals surface area contributed by atoms with Crippen LogP contribution in [0.25, 0.3) is 0 Å². The number of nitrogens with zero attached hydrogens (tertiary/aromatic N) is 1. The number of carbonyl (C=O) groups excluding carboxylic acids is 2. The van der Waals surface area contributed by atoms with Crippen LogP contribution >= 0.6 is 0 Å². The molecule has 1 fully saturated rings. The van der Waals surface area contributed by atoms with Gasteiger partial charge in [0.1, 0.15) is 6.04 Å². The van der Waals surface area contributed by atoms with E-state index in [1.807, 2.05) is 67.3 Å². The maximum absolute atomic E-state index is 13.3. The van der Waals surface area contributed by atoms with Gasteiger partial charge in [-0.25, -0.2) is 0 Å². The highest BCUT2D eigenvalue weighted by atomic mass is 16.2. The first-order valence-corrected chi connectivity index (χ1v) is 9.45. The zero-order valence-corrected chi connectivity index (χ0v) is 15.9. The average Bonchev–Trinajstić information content (AvgIpc) is 2.66. The van der Waals surface area contributed by atoms with Gasteiger partial charge in [-0.1, -0.05) is 48.9 Å². The van der Waals surface area contributed by atoms with E-state index in [4.69, 9.17) is 5.73 Å². The Bertz CT molecular complexity index is 820. The van der Waals surface area contributed by atoms with E-state index in [-0.39, 0.29) is 11.8 Å². The molecule has 3 rings (SSSR count). The quantitative estimate of drug-likeness (QED) is 0.853. The lowest BCUT2D eigenvalue weighted by Crippen LogP contribution is -2.51. The molecular formula is C22H27N3O2. The molecule has 5 nitrogen and oxygen atoms in total. The maximum Gasteiger partial charge on any atom is 0.246 e. The first kappa shape index (κ1) is 19.1. The fourth-order valence-electron chi connectivity index (χ4n) is 3.77. The Labute approximate surface area is 160 Å². The van der Waals surface area contributed by atoms with Gasteiger partial charge in [-0.05, 0) is 49.4 Å². The zero-order chi connectivity index (χ0) is 19.4. The fourth-order valence-corrected chi connectivity index (χ4v) is 3.77. The molecule has 3 N–H and O–H groups in total. The number of anilines is 1. The van der Waals surface area contributed by atoms with Crippen molar-refractivity contribution in [2.45, 2.75) is 45.2 Å². The number of primary amides is 1. The van der Waals surface area contributed by atoms with E-state index in [0.29, 0.717) is 13.0 Å². The van der Waals surface area contributed by atoms with Crippen molar-refractivity contribution < 1.29 is 9.59 Å². The molecule has 2 unspecified atom stereocenters. The third-order valence-corrected chi connectivity index (χ3v) is 5.22. The highest BCUT2D eigenvalue weighted by Gasteiger charge is 2.37. The average molecular weight is 365 g/mol. The van der Waals surface area contributed by atoms with Gasteiger partial charge in [0.05, 0.1) is 6.04 Å². The molecule has 0 bridgehead atoms. The summed E-state index contributed by atoms with van der Waals surface area (Å²) in [5, 5.41) is 3.07. The van der Waals surface area contributed by atoms with Crippen LogP contribution in [0.1, 0.15) is 42.0 Å². The Balaban J connectivity index is 1.95. The predicted octanol–water partition coefficient (Wildman–Crippen LogP) is 3.32. The van der Waals surface area contributed by atoms with E-state index in [0.717, 1.165) is 35.2 Å². The van der Waals surface area contributed by atoms with Crippen LogP contribution in [0, 0.1) is 13.8 Å². The Kier molecular flexibility index (Phi) is 5.91. The number of amides is 2. The van der Waals surface area contributed by atoms with Crippen LogP contribution in [-0.2, 0) is 9.59 Å². The molecule has 0 radical (unpaired) electrons. The molecule has 0 aromatic heterocycles. The van der Waals surface area contributed by atoms with Crippen molar-refractivity contribution in [1.82, 2.24) is 4.90 Å². The molecule has 2 aromatic rings. The minimum Gasteiger partial charge on any atom is -0.368 e. The van der Waals surface area contributed by atoms with Gasteiger partial charge >= 0.3 is 0 Å². The molecule has 1 aliphatic heterocycles. The first-order chi connectivity index (χ1) is 13.0. The predicted molar refractivity (Wildman–Crippen MR) is 107 cm³/mol. The summed E-state index contributed by atoms with van der Waals surface area (Å²) in [5.41, 5.74) is 9.42. The molecule has 1 aliphatic rings. The summed E-state index contributed by atoms with van der Waals surface area (Å²) < 4.78 is 0. The minimum absolute atomic E-state index is 0.136. The van der Waals surface area contributed by atoms with Gasteiger partial charge in [-0.2, -0.15) is 0 Å². The summed E-state index contributed by atoms with van der Waals surface area (Å²) in [6, 6.07) is 14.6. The lowest BCUT2D eigenvalue weighted by Gasteiger charge is -2.39. The van der Waals surface area contributed by atoms with Crippen LogP contribution < -0.4 is 11.1 Å². The SMILES string of the molecule is Cc1ccc(C)c(NC(=O)C(c2ccccc2)N2CCCCC2C(N)=O)c1. The van der Waals surface area contributed by atoms with Crippen LogP contribution in [0.2, 0.25) is 0 Å². The van der Waals surface area contributed by atoms with E-state index in [9.17, 15) is 9.59 Å². The van der Waals surface area contributed by atoms with Crippen molar-refractivity contribution in [2.24, 2.45) is 5.73 Å². The number of likely N-dealkylation sites (tertiary alicyclic amines) is 1. The van der Waals surface area contributed by atoms with Crippen molar-refractivity contribution in [2.75, 3.05) is 11.9 Å². The van der Waals surface area contributed by atoms with E-state index in [1.165, 1.54) is 0 Å². The summed E-state index contributed by atoms with van der Waals surface area (Å²) in [6.45, 7) is 4.64. The molecule has 0 spiro atoms. The molecule has 0 aliphatic carbocycles. The second-order valence-corrected chi connectivity index (χ2v) is 7.27. The van der Waals surface area contributed by atoms with Crippen LogP contribution in [0.4, 0.5) is 5.69 Å². The largest absolute Gasteiger partial charge is 0.368 e. The second-order valence-electron chi connectivity index (χ2n) is 7.27. The lowest BCUT2D eigenvalue weighted by atomic mass is 9.95. The number of carbonyl (C=O) groups is 2. The standard InChI is InChI=1S/C22H27N3O2/c1-15-11-12-16(2)18(14-15)24-22(27)20(17-8-4-3-5-9-17)25-13-7-6-10-19(25)21(23)26/h3-5,8-9,11-12,14,19-20H,6-7,10,13H2,1-2H3,(H2,23,26)(H,24,27). The highest BCUT2D eigenvalue weighted by Crippen LogP contribution is 2.30. The van der Waals surface area contributed by atoms with Gasteiger partial charge in [0.15, 0.2) is 0 Å². The zero-order valence-electron chi connectivity index (χ0n) is 15.9. The number of benzene rings is 2. The van der Waals surface area contributed by atoms with Gasteiger partial charge in [0, 0.05) is 12.2 Å². The van der Waals surface area contributed by atoms with Gasteiger partial charge in [0.2, 0.25) is 11.8 Å². The molecule has 0 saturated carbocycles. The third-order valence-electron chi connectivity index (χ3n) is 5.22. The van der Waals surface area contributed by atoms with Crippen molar-refractivity contribution in [3.63, 3.8) is 0 Å². The fraction of sp³-hybridized carbons (Fsp3) is 0.364. The van der Waals surface area contributed by atoms with Crippen LogP contribution in [-0.4, -0.2) is 29.3 Å². The summed E-state index contributed by atoms with van der Waals surface area (Å²) in [6.07, 6.45) is 2.59. The van der Waals surface area contributed by atoms with Crippen molar-refractivity contribution in [1.29, 1.82) is 0 Å². The lowest BCUT2D eigenvalue weighted by molar-refractivity contribution is -0.130. The molecule has 5 heteroatoms. The normalized spacial score (nSPS) is 18.7. The third kappa shape index (κ3) is 4.37. The second kappa shape index (κ2) is 8.35. The number of aryl methyl sites for hydroxylation is 2. The Morgan fingerprint density at radius 1 is 1.11 bits per heavy atom. The number of nitrogens with two attached hydrogens (primary N) is 1. The van der Waals surface area contributed by atoms with Crippen LogP contribution in [0.5, 0.6) is 0 Å². The van der Waals surface area contributed by atoms with E-state index in [2.05, 4.69) is 5.32 Å². The summed E-state index contributed by atoms with van der Waals surface area (Å²) in [4.78, 5) is 27.3. The van der Waals surface area contributed by atoms with Gasteiger partial charge in [-0.15, -0.1) is 0 Å². The highest BCUT2D eigenvalue weighted by molar-refractivity contribution is 5.96. The molecular weight excluding hydrogens is 338 g/mol. The monoisotopic (exact) mass is 365 g/mol. The van der Waals surface area contributed by atoms with Gasteiger partial charge in [-0.3, -0.25) is 14.5 Å². The van der Waals surface area contributed by atoms with Crippen LogP contribution in [0.3, 0.4) is 0 Å².